The first-order chi connectivity index (χ1) is 17.0. The number of unbranched alkanes of at least 4 members (excludes halogenated alkanes) is 2. The zero-order chi connectivity index (χ0) is 25.2. The topological polar surface area (TPSA) is 29.5 Å². The molecule has 0 N–H and O–H groups in total. The lowest BCUT2D eigenvalue weighted by molar-refractivity contribution is 0.103. The van der Waals surface area contributed by atoms with Crippen LogP contribution in [0.3, 0.4) is 0 Å². The number of nitrogens with zero attached hydrogens (tertiary/aromatic N) is 1. The molecule has 35 heavy (non-hydrogen) atoms. The summed E-state index contributed by atoms with van der Waals surface area (Å²) in [6.45, 7) is 15.0. The number of ether oxygens (including phenoxy) is 1. The van der Waals surface area contributed by atoms with Gasteiger partial charge in [-0.25, -0.2) is 0 Å². The van der Waals surface area contributed by atoms with Crippen molar-refractivity contribution >= 4 is 27.2 Å². The van der Waals surface area contributed by atoms with E-state index in [1.165, 1.54) is 48.3 Å². The number of aryl methyl sites for hydroxylation is 3. The van der Waals surface area contributed by atoms with Gasteiger partial charge in [0.25, 0.3) is 0 Å². The van der Waals surface area contributed by atoms with Crippen molar-refractivity contribution in [1.82, 2.24) is 4.90 Å². The predicted molar refractivity (Wildman–Crippen MR) is 152 cm³/mol. The second-order valence-corrected chi connectivity index (χ2v) is 10.8. The van der Waals surface area contributed by atoms with E-state index >= 15 is 0 Å². The van der Waals surface area contributed by atoms with Crippen molar-refractivity contribution in [3.05, 3.63) is 63.5 Å². The average molecular weight is 494 g/mol. The summed E-state index contributed by atoms with van der Waals surface area (Å²) in [5.41, 5.74) is 3.73. The zero-order valence-electron chi connectivity index (χ0n) is 22.4. The highest BCUT2D eigenvalue weighted by atomic mass is 32.1. The Balaban J connectivity index is 1.71. The average Bonchev–Trinajstić information content (AvgIpc) is 3.21. The van der Waals surface area contributed by atoms with Gasteiger partial charge in [-0.05, 0) is 81.9 Å². The molecule has 0 aliphatic rings. The van der Waals surface area contributed by atoms with E-state index in [2.05, 4.69) is 57.7 Å². The van der Waals surface area contributed by atoms with Crippen molar-refractivity contribution in [2.75, 3.05) is 26.2 Å². The van der Waals surface area contributed by atoms with Crippen LogP contribution in [0.2, 0.25) is 0 Å². The molecule has 0 aliphatic heterocycles. The van der Waals surface area contributed by atoms with E-state index in [4.69, 9.17) is 4.74 Å². The lowest BCUT2D eigenvalue weighted by Crippen LogP contribution is -2.28. The molecule has 0 atom stereocenters. The number of thiophene rings is 1. The molecular weight excluding hydrogens is 450 g/mol. The molecule has 3 rings (SSSR count). The van der Waals surface area contributed by atoms with Crippen LogP contribution in [0.5, 0.6) is 5.75 Å². The minimum absolute atomic E-state index is 0.131. The summed E-state index contributed by atoms with van der Waals surface area (Å²) in [6.07, 6.45) is 8.00. The summed E-state index contributed by atoms with van der Waals surface area (Å²) >= 11 is 1.76. The Hall–Kier alpha value is -2.17. The van der Waals surface area contributed by atoms with Gasteiger partial charge in [0.05, 0.1) is 6.61 Å². The molecule has 0 spiro atoms. The Morgan fingerprint density at radius 1 is 0.886 bits per heavy atom. The van der Waals surface area contributed by atoms with Crippen LogP contribution in [0.4, 0.5) is 0 Å². The molecule has 0 radical (unpaired) electrons. The summed E-state index contributed by atoms with van der Waals surface area (Å²) in [4.78, 5) is 17.5. The standard InChI is InChI=1S/C31H43NO2S/c1-6-9-17-32(18-10-7-2)19-13-20-34-31-23(4)21-25(22-24(31)5)30(33)29-26-15-11-12-16-27(26)35-28(29)14-8-3/h11-12,15-16,21-22H,6-10,13-14,17-20H2,1-5H3. The predicted octanol–water partition coefficient (Wildman–Crippen LogP) is 8.37. The highest BCUT2D eigenvalue weighted by Gasteiger charge is 2.21. The van der Waals surface area contributed by atoms with Gasteiger partial charge in [0, 0.05) is 32.6 Å². The van der Waals surface area contributed by atoms with Crippen LogP contribution >= 0.6 is 11.3 Å². The summed E-state index contributed by atoms with van der Waals surface area (Å²) < 4.78 is 7.44. The fourth-order valence-electron chi connectivity index (χ4n) is 4.76. The van der Waals surface area contributed by atoms with Gasteiger partial charge in [-0.3, -0.25) is 4.79 Å². The van der Waals surface area contributed by atoms with Gasteiger partial charge in [-0.15, -0.1) is 11.3 Å². The van der Waals surface area contributed by atoms with Crippen molar-refractivity contribution < 1.29 is 9.53 Å². The van der Waals surface area contributed by atoms with Crippen LogP contribution in [0.25, 0.3) is 10.1 Å². The summed E-state index contributed by atoms with van der Waals surface area (Å²) in [5.74, 6) is 1.06. The third-order valence-corrected chi connectivity index (χ3v) is 7.85. The lowest BCUT2D eigenvalue weighted by atomic mass is 9.96. The molecule has 4 heteroatoms. The SMILES string of the molecule is CCCCN(CCCC)CCCOc1c(C)cc(C(=O)c2c(CCC)sc3ccccc23)cc1C. The van der Waals surface area contributed by atoms with Crippen molar-refractivity contribution in [1.29, 1.82) is 0 Å². The Morgan fingerprint density at radius 3 is 2.14 bits per heavy atom. The van der Waals surface area contributed by atoms with Crippen molar-refractivity contribution in [2.24, 2.45) is 0 Å². The molecule has 0 aliphatic carbocycles. The number of benzene rings is 2. The van der Waals surface area contributed by atoms with E-state index in [9.17, 15) is 4.79 Å². The monoisotopic (exact) mass is 493 g/mol. The van der Waals surface area contributed by atoms with Crippen LogP contribution in [0, 0.1) is 13.8 Å². The first-order valence-corrected chi connectivity index (χ1v) is 14.3. The Morgan fingerprint density at radius 2 is 1.51 bits per heavy atom. The molecule has 0 unspecified atom stereocenters. The Kier molecular flexibility index (Phi) is 10.8. The van der Waals surface area contributed by atoms with Gasteiger partial charge in [-0.1, -0.05) is 58.2 Å². The third-order valence-electron chi connectivity index (χ3n) is 6.62. The molecule has 0 saturated heterocycles. The van der Waals surface area contributed by atoms with Crippen LogP contribution in [0.15, 0.2) is 36.4 Å². The van der Waals surface area contributed by atoms with E-state index in [0.29, 0.717) is 6.61 Å². The number of carbonyl (C=O) groups excluding carboxylic acids is 1. The third kappa shape index (κ3) is 7.17. The fourth-order valence-corrected chi connectivity index (χ4v) is 6.07. The minimum atomic E-state index is 0.131. The van der Waals surface area contributed by atoms with Crippen LogP contribution < -0.4 is 4.74 Å². The largest absolute Gasteiger partial charge is 0.493 e. The van der Waals surface area contributed by atoms with Crippen molar-refractivity contribution in [3.63, 3.8) is 0 Å². The van der Waals surface area contributed by atoms with Crippen molar-refractivity contribution in [2.45, 2.75) is 79.6 Å². The van der Waals surface area contributed by atoms with Gasteiger partial charge in [-0.2, -0.15) is 0 Å². The van der Waals surface area contributed by atoms with Gasteiger partial charge < -0.3 is 9.64 Å². The normalized spacial score (nSPS) is 11.5. The summed E-state index contributed by atoms with van der Waals surface area (Å²) in [5, 5.41) is 1.08. The van der Waals surface area contributed by atoms with Crippen LogP contribution in [0.1, 0.15) is 91.2 Å². The molecule has 0 bridgehead atoms. The molecule has 1 aromatic heterocycles. The smallest absolute Gasteiger partial charge is 0.194 e. The number of fused-ring (bicyclic) bond motifs is 1. The molecule has 2 aromatic carbocycles. The Labute approximate surface area is 216 Å². The number of carbonyl (C=O) groups is 1. The second-order valence-electron chi connectivity index (χ2n) is 9.67. The van der Waals surface area contributed by atoms with E-state index in [1.807, 2.05) is 18.2 Å². The maximum Gasteiger partial charge on any atom is 0.194 e. The molecule has 0 fully saturated rings. The van der Waals surface area contributed by atoms with E-state index in [1.54, 1.807) is 11.3 Å². The number of hydrogen-bond donors (Lipinski definition) is 0. The van der Waals surface area contributed by atoms with E-state index in [-0.39, 0.29) is 5.78 Å². The quantitative estimate of drug-likeness (QED) is 0.157. The maximum atomic E-state index is 13.7. The van der Waals surface area contributed by atoms with Crippen LogP contribution in [-0.4, -0.2) is 36.9 Å². The summed E-state index contributed by atoms with van der Waals surface area (Å²) in [6, 6.07) is 12.3. The highest BCUT2D eigenvalue weighted by molar-refractivity contribution is 7.19. The number of rotatable bonds is 15. The van der Waals surface area contributed by atoms with Gasteiger partial charge in [0.15, 0.2) is 5.78 Å². The van der Waals surface area contributed by atoms with Gasteiger partial charge in [0.2, 0.25) is 0 Å². The number of hydrogen-bond acceptors (Lipinski definition) is 4. The van der Waals surface area contributed by atoms with Crippen LogP contribution in [-0.2, 0) is 6.42 Å². The van der Waals surface area contributed by atoms with Gasteiger partial charge >= 0.3 is 0 Å². The molecule has 3 nitrogen and oxygen atoms in total. The molecule has 0 saturated carbocycles. The molecule has 190 valence electrons. The highest BCUT2D eigenvalue weighted by Crippen LogP contribution is 2.35. The zero-order valence-corrected chi connectivity index (χ0v) is 23.2. The molecular formula is C31H43NO2S. The fraction of sp³-hybridized carbons (Fsp3) is 0.516. The molecule has 0 amide bonds. The maximum absolute atomic E-state index is 13.7. The van der Waals surface area contributed by atoms with E-state index in [0.717, 1.165) is 59.2 Å². The van der Waals surface area contributed by atoms with Gasteiger partial charge in [0.1, 0.15) is 5.75 Å². The first kappa shape index (κ1) is 27.4. The minimum Gasteiger partial charge on any atom is -0.493 e. The number of ketones is 1. The Bertz CT molecular complexity index is 1070. The van der Waals surface area contributed by atoms with Crippen molar-refractivity contribution in [3.8, 4) is 5.75 Å². The van der Waals surface area contributed by atoms with E-state index < -0.39 is 0 Å². The second kappa shape index (κ2) is 13.8. The molecule has 3 aromatic rings. The lowest BCUT2D eigenvalue weighted by Gasteiger charge is -2.22. The summed E-state index contributed by atoms with van der Waals surface area (Å²) in [7, 11) is 0. The first-order valence-electron chi connectivity index (χ1n) is 13.5. The molecule has 1 heterocycles.